The van der Waals surface area contributed by atoms with Gasteiger partial charge in [-0.2, -0.15) is 0 Å². The van der Waals surface area contributed by atoms with Crippen molar-refractivity contribution in [3.05, 3.63) is 35.4 Å². The van der Waals surface area contributed by atoms with Crippen molar-refractivity contribution in [2.75, 3.05) is 14.1 Å². The summed E-state index contributed by atoms with van der Waals surface area (Å²) in [6.07, 6.45) is 0. The smallest absolute Gasteiger partial charge is 0.0843 e. The summed E-state index contributed by atoms with van der Waals surface area (Å²) in [6.45, 7) is 4.50. The molecule has 0 bridgehead atoms. The number of aliphatic hydroxyl groups is 1. The molecule has 0 aliphatic heterocycles. The maximum absolute atomic E-state index is 9.96. The fraction of sp³-hybridized carbons (Fsp3) is 0.500. The van der Waals surface area contributed by atoms with E-state index >= 15 is 0 Å². The van der Waals surface area contributed by atoms with E-state index in [1.807, 2.05) is 46.1 Å². The molecule has 14 heavy (non-hydrogen) atoms. The van der Waals surface area contributed by atoms with Crippen LogP contribution in [0.5, 0.6) is 0 Å². The van der Waals surface area contributed by atoms with E-state index in [0.717, 1.165) is 12.1 Å². The third kappa shape index (κ3) is 2.82. The fourth-order valence-electron chi connectivity index (χ4n) is 1.60. The Kier molecular flexibility index (Phi) is 3.29. The molecule has 1 N–H and O–H groups in total. The Hall–Kier alpha value is -0.860. The molecule has 0 radical (unpaired) electrons. The molecule has 0 heterocycles. The van der Waals surface area contributed by atoms with Crippen LogP contribution in [-0.4, -0.2) is 24.1 Å². The average molecular weight is 193 g/mol. The Morgan fingerprint density at radius 1 is 1.21 bits per heavy atom. The van der Waals surface area contributed by atoms with Crippen LogP contribution in [0.1, 0.15) is 25.0 Å². The van der Waals surface area contributed by atoms with Gasteiger partial charge in [0, 0.05) is 6.54 Å². The molecule has 2 heteroatoms. The third-order valence-corrected chi connectivity index (χ3v) is 2.16. The van der Waals surface area contributed by atoms with Gasteiger partial charge < -0.3 is 10.0 Å². The Balaban J connectivity index is 3.04. The van der Waals surface area contributed by atoms with Crippen LogP contribution in [0.15, 0.2) is 24.3 Å². The molecule has 0 aliphatic rings. The normalized spacial score (nSPS) is 12.1. The third-order valence-electron chi connectivity index (χ3n) is 2.16. The first-order valence-electron chi connectivity index (χ1n) is 4.87. The highest BCUT2D eigenvalue weighted by Gasteiger charge is 2.19. The van der Waals surface area contributed by atoms with E-state index in [9.17, 15) is 5.11 Å². The Labute approximate surface area is 86.2 Å². The number of nitrogens with zero attached hydrogens (tertiary/aromatic N) is 1. The monoisotopic (exact) mass is 193 g/mol. The van der Waals surface area contributed by atoms with Crippen LogP contribution in [0.2, 0.25) is 0 Å². The molecule has 78 valence electrons. The summed E-state index contributed by atoms with van der Waals surface area (Å²) in [4.78, 5) is 2.10. The first-order chi connectivity index (χ1) is 6.41. The van der Waals surface area contributed by atoms with Crippen LogP contribution in [-0.2, 0) is 12.1 Å². The summed E-state index contributed by atoms with van der Waals surface area (Å²) in [5.74, 6) is 0. The summed E-state index contributed by atoms with van der Waals surface area (Å²) in [6, 6.07) is 8.02. The molecule has 1 rings (SSSR count). The first kappa shape index (κ1) is 11.2. The quantitative estimate of drug-likeness (QED) is 0.793. The molecule has 0 saturated carbocycles. The van der Waals surface area contributed by atoms with Gasteiger partial charge in [-0.05, 0) is 39.1 Å². The van der Waals surface area contributed by atoms with Gasteiger partial charge in [0.2, 0.25) is 0 Å². The highest BCUT2D eigenvalue weighted by molar-refractivity contribution is 5.31. The molecule has 0 aromatic heterocycles. The van der Waals surface area contributed by atoms with E-state index in [1.165, 1.54) is 5.56 Å². The van der Waals surface area contributed by atoms with Crippen LogP contribution in [0.25, 0.3) is 0 Å². The van der Waals surface area contributed by atoms with Crippen molar-refractivity contribution in [2.45, 2.75) is 26.0 Å². The largest absolute Gasteiger partial charge is 0.386 e. The number of benzene rings is 1. The van der Waals surface area contributed by atoms with E-state index in [1.54, 1.807) is 0 Å². The van der Waals surface area contributed by atoms with Gasteiger partial charge in [0.25, 0.3) is 0 Å². The molecule has 1 aromatic rings. The molecule has 0 saturated heterocycles. The fourth-order valence-corrected chi connectivity index (χ4v) is 1.60. The molecule has 0 amide bonds. The van der Waals surface area contributed by atoms with E-state index in [0.29, 0.717) is 0 Å². The summed E-state index contributed by atoms with van der Waals surface area (Å²) in [7, 11) is 4.06. The zero-order valence-corrected chi connectivity index (χ0v) is 9.41. The molecule has 0 aliphatic carbocycles. The van der Waals surface area contributed by atoms with Crippen LogP contribution in [0.3, 0.4) is 0 Å². The molecule has 2 nitrogen and oxygen atoms in total. The topological polar surface area (TPSA) is 23.5 Å². The van der Waals surface area contributed by atoms with Gasteiger partial charge in [-0.15, -0.1) is 0 Å². The predicted octanol–water partition coefficient (Wildman–Crippen LogP) is 1.98. The molecule has 0 spiro atoms. The number of hydrogen-bond donors (Lipinski definition) is 1. The second kappa shape index (κ2) is 4.11. The lowest BCUT2D eigenvalue weighted by atomic mass is 9.93. The first-order valence-corrected chi connectivity index (χ1v) is 4.87. The summed E-state index contributed by atoms with van der Waals surface area (Å²) in [5.41, 5.74) is 1.44. The van der Waals surface area contributed by atoms with Crippen molar-refractivity contribution in [1.29, 1.82) is 0 Å². The highest BCUT2D eigenvalue weighted by Crippen LogP contribution is 2.23. The zero-order valence-electron chi connectivity index (χ0n) is 9.41. The van der Waals surface area contributed by atoms with Crippen molar-refractivity contribution < 1.29 is 5.11 Å². The van der Waals surface area contributed by atoms with E-state index in [-0.39, 0.29) is 0 Å². The predicted molar refractivity (Wildman–Crippen MR) is 59.1 cm³/mol. The van der Waals surface area contributed by atoms with Crippen molar-refractivity contribution in [3.63, 3.8) is 0 Å². The molecule has 0 fully saturated rings. The second-order valence-corrected chi connectivity index (χ2v) is 4.45. The lowest BCUT2D eigenvalue weighted by Gasteiger charge is -2.23. The van der Waals surface area contributed by atoms with E-state index < -0.39 is 5.60 Å². The van der Waals surface area contributed by atoms with Gasteiger partial charge in [-0.25, -0.2) is 0 Å². The van der Waals surface area contributed by atoms with Crippen LogP contribution in [0, 0.1) is 0 Å². The van der Waals surface area contributed by atoms with Gasteiger partial charge >= 0.3 is 0 Å². The van der Waals surface area contributed by atoms with E-state index in [4.69, 9.17) is 0 Å². The lowest BCUT2D eigenvalue weighted by Crippen LogP contribution is -2.21. The number of rotatable bonds is 3. The van der Waals surface area contributed by atoms with Crippen molar-refractivity contribution >= 4 is 0 Å². The zero-order chi connectivity index (χ0) is 10.8. The molecular weight excluding hydrogens is 174 g/mol. The van der Waals surface area contributed by atoms with Crippen LogP contribution >= 0.6 is 0 Å². The van der Waals surface area contributed by atoms with Gasteiger partial charge in [0.1, 0.15) is 0 Å². The summed E-state index contributed by atoms with van der Waals surface area (Å²) < 4.78 is 0. The Morgan fingerprint density at radius 3 is 2.29 bits per heavy atom. The SMILES string of the molecule is CN(C)Cc1ccccc1C(C)(C)O. The van der Waals surface area contributed by atoms with Gasteiger partial charge in [0.05, 0.1) is 5.60 Å². The summed E-state index contributed by atoms with van der Waals surface area (Å²) >= 11 is 0. The van der Waals surface area contributed by atoms with Gasteiger partial charge in [-0.3, -0.25) is 0 Å². The van der Waals surface area contributed by atoms with Gasteiger partial charge in [-0.1, -0.05) is 24.3 Å². The van der Waals surface area contributed by atoms with Gasteiger partial charge in [0.15, 0.2) is 0 Å². The molecular formula is C12H19NO. The van der Waals surface area contributed by atoms with Crippen LogP contribution in [0.4, 0.5) is 0 Å². The minimum absolute atomic E-state index is 0.757. The standard InChI is InChI=1S/C12H19NO/c1-12(2,14)11-8-6-5-7-10(11)9-13(3)4/h5-8,14H,9H2,1-4H3. The Morgan fingerprint density at radius 2 is 1.79 bits per heavy atom. The van der Waals surface area contributed by atoms with Crippen molar-refractivity contribution in [2.24, 2.45) is 0 Å². The minimum atomic E-state index is -0.757. The average Bonchev–Trinajstić information content (AvgIpc) is 2.01. The summed E-state index contributed by atoms with van der Waals surface area (Å²) in [5, 5.41) is 9.96. The lowest BCUT2D eigenvalue weighted by molar-refractivity contribution is 0.0770. The maximum Gasteiger partial charge on any atom is 0.0843 e. The van der Waals surface area contributed by atoms with Crippen molar-refractivity contribution in [3.8, 4) is 0 Å². The Bertz CT molecular complexity index is 299. The van der Waals surface area contributed by atoms with E-state index in [2.05, 4.69) is 11.0 Å². The molecule has 0 atom stereocenters. The number of hydrogen-bond acceptors (Lipinski definition) is 2. The minimum Gasteiger partial charge on any atom is -0.386 e. The molecule has 0 unspecified atom stereocenters. The second-order valence-electron chi connectivity index (χ2n) is 4.45. The maximum atomic E-state index is 9.96. The van der Waals surface area contributed by atoms with Crippen LogP contribution < -0.4 is 0 Å². The highest BCUT2D eigenvalue weighted by atomic mass is 16.3. The molecule has 1 aromatic carbocycles. The van der Waals surface area contributed by atoms with Crippen molar-refractivity contribution in [1.82, 2.24) is 4.90 Å².